The largest absolute Gasteiger partial charge is 0.371 e. The molecule has 0 radical (unpaired) electrons. The summed E-state index contributed by atoms with van der Waals surface area (Å²) < 4.78 is 11.9. The van der Waals surface area contributed by atoms with E-state index in [-0.39, 0.29) is 30.2 Å². The molecule has 8 heteroatoms. The first-order chi connectivity index (χ1) is 14.3. The predicted molar refractivity (Wildman–Crippen MR) is 110 cm³/mol. The van der Waals surface area contributed by atoms with Crippen LogP contribution in [0.1, 0.15) is 10.4 Å². The highest BCUT2D eigenvalue weighted by Gasteiger charge is 2.48. The number of nitrogens with one attached hydrogen (secondary N) is 2. The molecule has 148 valence electrons. The summed E-state index contributed by atoms with van der Waals surface area (Å²) in [6.07, 6.45) is 1.39. The molecule has 7 nitrogen and oxygen atoms in total. The molecule has 2 aliphatic heterocycles. The number of rotatable bonds is 5. The van der Waals surface area contributed by atoms with Gasteiger partial charge in [-0.15, -0.1) is 11.3 Å². The van der Waals surface area contributed by atoms with Crippen LogP contribution in [0.4, 0.5) is 5.95 Å². The highest BCUT2D eigenvalue weighted by atomic mass is 32.1. The molecule has 2 aromatic heterocycles. The van der Waals surface area contributed by atoms with Crippen LogP contribution in [0.2, 0.25) is 0 Å². The lowest BCUT2D eigenvalue weighted by atomic mass is 10.1. The number of thiophene rings is 1. The first-order valence-corrected chi connectivity index (χ1v) is 10.4. The van der Waals surface area contributed by atoms with Gasteiger partial charge in [0.1, 0.15) is 12.2 Å². The zero-order chi connectivity index (χ0) is 19.6. The number of hydrogen-bond acceptors (Lipinski definition) is 7. The molecule has 0 unspecified atom stereocenters. The third-order valence-electron chi connectivity index (χ3n) is 5.15. The third kappa shape index (κ3) is 3.74. The molecule has 4 atom stereocenters. The van der Waals surface area contributed by atoms with Crippen LogP contribution in [0.25, 0.3) is 10.6 Å². The molecular formula is C21H20N4O3S. The van der Waals surface area contributed by atoms with Crippen LogP contribution in [-0.2, 0) is 9.47 Å². The Labute approximate surface area is 172 Å². The quantitative estimate of drug-likeness (QED) is 0.675. The van der Waals surface area contributed by atoms with Gasteiger partial charge in [0.2, 0.25) is 5.95 Å². The molecule has 29 heavy (non-hydrogen) atoms. The van der Waals surface area contributed by atoms with E-state index in [0.717, 1.165) is 10.6 Å². The van der Waals surface area contributed by atoms with E-state index < -0.39 is 0 Å². The zero-order valence-corrected chi connectivity index (χ0v) is 16.3. The molecule has 2 N–H and O–H groups in total. The Morgan fingerprint density at radius 2 is 1.79 bits per heavy atom. The van der Waals surface area contributed by atoms with Gasteiger partial charge in [0.25, 0.3) is 5.91 Å². The van der Waals surface area contributed by atoms with Gasteiger partial charge in [-0.3, -0.25) is 4.79 Å². The number of fused-ring (bicyclic) bond motifs is 1. The number of aromatic nitrogens is 2. The number of anilines is 1. The standard InChI is InChI=1S/C21H20N4O3S/c26-20(13-5-2-1-3-6-13)23-15-11-27-19-16(12-28-18(15)19)25-21-22-9-8-14(24-21)17-7-4-10-29-17/h1-10,15-16,18-19H,11-12H2,(H,23,26)(H,22,24,25)/t15-,16-,18+,19+/m0/s1. The van der Waals surface area contributed by atoms with E-state index in [1.165, 1.54) is 0 Å². The van der Waals surface area contributed by atoms with E-state index in [9.17, 15) is 4.79 Å². The van der Waals surface area contributed by atoms with Crippen LogP contribution in [0.3, 0.4) is 0 Å². The van der Waals surface area contributed by atoms with Gasteiger partial charge in [0, 0.05) is 11.8 Å². The number of carbonyl (C=O) groups is 1. The van der Waals surface area contributed by atoms with Crippen LogP contribution in [0, 0.1) is 0 Å². The SMILES string of the molecule is O=C(N[C@H]1CO[C@H]2[C@@H]1OC[C@@H]2Nc1nccc(-c2cccs2)n1)c1ccccc1. The number of amides is 1. The van der Waals surface area contributed by atoms with Crippen LogP contribution >= 0.6 is 11.3 Å². The van der Waals surface area contributed by atoms with E-state index in [1.807, 2.05) is 41.8 Å². The molecule has 0 bridgehead atoms. The summed E-state index contributed by atoms with van der Waals surface area (Å²) in [5.41, 5.74) is 1.51. The van der Waals surface area contributed by atoms with E-state index in [2.05, 4.69) is 20.6 Å². The fourth-order valence-corrected chi connectivity index (χ4v) is 4.44. The first kappa shape index (κ1) is 18.2. The number of carbonyl (C=O) groups excluding carboxylic acids is 1. The maximum Gasteiger partial charge on any atom is 0.251 e. The minimum Gasteiger partial charge on any atom is -0.371 e. The molecular weight excluding hydrogens is 388 g/mol. The van der Waals surface area contributed by atoms with Crippen molar-refractivity contribution >= 4 is 23.2 Å². The Hall–Kier alpha value is -2.81. The average molecular weight is 408 g/mol. The normalized spacial score (nSPS) is 25.5. The van der Waals surface area contributed by atoms with E-state index in [4.69, 9.17) is 9.47 Å². The van der Waals surface area contributed by atoms with Crippen LogP contribution in [-0.4, -0.2) is 53.4 Å². The molecule has 1 aromatic carbocycles. The number of benzene rings is 1. The molecule has 5 rings (SSSR count). The van der Waals surface area contributed by atoms with Gasteiger partial charge >= 0.3 is 0 Å². The van der Waals surface area contributed by atoms with Gasteiger partial charge < -0.3 is 20.1 Å². The molecule has 0 spiro atoms. The van der Waals surface area contributed by atoms with Crippen molar-refractivity contribution < 1.29 is 14.3 Å². The van der Waals surface area contributed by atoms with Crippen LogP contribution in [0.15, 0.2) is 60.1 Å². The molecule has 2 aliphatic rings. The Kier molecular flexibility index (Phi) is 4.97. The second kappa shape index (κ2) is 7.90. The minimum absolute atomic E-state index is 0.0720. The summed E-state index contributed by atoms with van der Waals surface area (Å²) in [6, 6.07) is 14.8. The second-order valence-corrected chi connectivity index (χ2v) is 7.98. The maximum absolute atomic E-state index is 12.5. The molecule has 1 amide bonds. The maximum atomic E-state index is 12.5. The Balaban J connectivity index is 1.24. The highest BCUT2D eigenvalue weighted by molar-refractivity contribution is 7.13. The average Bonchev–Trinajstić information content (AvgIpc) is 3.49. The molecule has 2 saturated heterocycles. The second-order valence-electron chi connectivity index (χ2n) is 7.04. The summed E-state index contributed by atoms with van der Waals surface area (Å²) in [5, 5.41) is 8.40. The summed E-state index contributed by atoms with van der Waals surface area (Å²) in [6.45, 7) is 0.891. The van der Waals surface area contributed by atoms with Crippen molar-refractivity contribution in [1.29, 1.82) is 0 Å². The third-order valence-corrected chi connectivity index (χ3v) is 6.04. The van der Waals surface area contributed by atoms with Crippen molar-refractivity contribution in [3.63, 3.8) is 0 Å². The fourth-order valence-electron chi connectivity index (χ4n) is 3.74. The van der Waals surface area contributed by atoms with Crippen molar-refractivity contribution in [2.45, 2.75) is 24.3 Å². The van der Waals surface area contributed by atoms with Gasteiger partial charge in [-0.1, -0.05) is 24.3 Å². The Morgan fingerprint density at radius 1 is 1.00 bits per heavy atom. The Morgan fingerprint density at radius 3 is 2.59 bits per heavy atom. The van der Waals surface area contributed by atoms with E-state index in [0.29, 0.717) is 24.7 Å². The summed E-state index contributed by atoms with van der Waals surface area (Å²) in [4.78, 5) is 22.5. The van der Waals surface area contributed by atoms with Gasteiger partial charge in [-0.2, -0.15) is 0 Å². The number of ether oxygens (including phenoxy) is 2. The van der Waals surface area contributed by atoms with Crippen molar-refractivity contribution in [2.75, 3.05) is 18.5 Å². The minimum atomic E-state index is -0.194. The Bertz CT molecular complexity index is 983. The van der Waals surface area contributed by atoms with Crippen molar-refractivity contribution in [2.24, 2.45) is 0 Å². The number of hydrogen-bond donors (Lipinski definition) is 2. The lowest BCUT2D eigenvalue weighted by Crippen LogP contribution is -2.44. The highest BCUT2D eigenvalue weighted by Crippen LogP contribution is 2.29. The lowest BCUT2D eigenvalue weighted by molar-refractivity contribution is 0.0652. The predicted octanol–water partition coefficient (Wildman–Crippen LogP) is 2.58. The van der Waals surface area contributed by atoms with Crippen molar-refractivity contribution in [3.8, 4) is 10.6 Å². The zero-order valence-electron chi connectivity index (χ0n) is 15.5. The molecule has 3 aromatic rings. The van der Waals surface area contributed by atoms with Crippen LogP contribution in [0.5, 0.6) is 0 Å². The topological polar surface area (TPSA) is 85.4 Å². The van der Waals surface area contributed by atoms with Gasteiger partial charge in [-0.05, 0) is 29.6 Å². The summed E-state index contributed by atoms with van der Waals surface area (Å²) in [7, 11) is 0. The van der Waals surface area contributed by atoms with Crippen LogP contribution < -0.4 is 10.6 Å². The smallest absolute Gasteiger partial charge is 0.251 e. The van der Waals surface area contributed by atoms with Gasteiger partial charge in [0.15, 0.2) is 0 Å². The monoisotopic (exact) mass is 408 g/mol. The van der Waals surface area contributed by atoms with Gasteiger partial charge in [-0.25, -0.2) is 9.97 Å². The molecule has 0 saturated carbocycles. The molecule has 0 aliphatic carbocycles. The van der Waals surface area contributed by atoms with Gasteiger partial charge in [0.05, 0.1) is 35.9 Å². The molecule has 2 fully saturated rings. The summed E-state index contributed by atoms with van der Waals surface area (Å²) >= 11 is 1.64. The lowest BCUT2D eigenvalue weighted by Gasteiger charge is -2.18. The van der Waals surface area contributed by atoms with E-state index in [1.54, 1.807) is 29.7 Å². The van der Waals surface area contributed by atoms with E-state index >= 15 is 0 Å². The summed E-state index contributed by atoms with van der Waals surface area (Å²) in [5.74, 6) is 0.428. The van der Waals surface area contributed by atoms with Crippen molar-refractivity contribution in [1.82, 2.24) is 15.3 Å². The fraction of sp³-hybridized carbons (Fsp3) is 0.286. The van der Waals surface area contributed by atoms with Crippen molar-refractivity contribution in [3.05, 3.63) is 65.7 Å². The first-order valence-electron chi connectivity index (χ1n) is 9.50. The number of nitrogens with zero attached hydrogens (tertiary/aromatic N) is 2. The molecule has 4 heterocycles.